The standard InChI is InChI=1S/C16H28N2O2Si/c1-5-15(3,19-12-11-17)21-16(4,6-2)20-14-9-7-13(18)8-10-14/h7-10H,5-6,11-12,17-18H2,1-4H3. The second-order valence-corrected chi connectivity index (χ2v) is 7.97. The highest BCUT2D eigenvalue weighted by Crippen LogP contribution is 2.27. The number of hydrogen-bond acceptors (Lipinski definition) is 4. The molecule has 4 nitrogen and oxygen atoms in total. The lowest BCUT2D eigenvalue weighted by molar-refractivity contribution is 0.0219. The Labute approximate surface area is 131 Å². The molecule has 118 valence electrons. The second kappa shape index (κ2) is 7.82. The first-order valence-corrected chi connectivity index (χ1v) is 8.54. The van der Waals surface area contributed by atoms with Crippen molar-refractivity contribution in [3.05, 3.63) is 24.3 Å². The minimum absolute atomic E-state index is 0.196. The fourth-order valence-electron chi connectivity index (χ4n) is 2.05. The molecule has 4 N–H and O–H groups in total. The Bertz CT molecular complexity index is 427. The first kappa shape index (κ1) is 18.0. The van der Waals surface area contributed by atoms with Crippen LogP contribution in [0.1, 0.15) is 40.5 Å². The highest BCUT2D eigenvalue weighted by atomic mass is 28.2. The van der Waals surface area contributed by atoms with Crippen LogP contribution in [0, 0.1) is 0 Å². The van der Waals surface area contributed by atoms with Gasteiger partial charge in [0, 0.05) is 12.2 Å². The summed E-state index contributed by atoms with van der Waals surface area (Å²) in [6.45, 7) is 9.69. The SMILES string of the molecule is CCC(C)(OCCN)[Si]C(C)(CC)Oc1ccc(N)cc1. The number of nitrogens with two attached hydrogens (primary N) is 2. The van der Waals surface area contributed by atoms with Crippen LogP contribution >= 0.6 is 0 Å². The Kier molecular flexibility index (Phi) is 6.71. The summed E-state index contributed by atoms with van der Waals surface area (Å²) in [7, 11) is 0.522. The second-order valence-electron chi connectivity index (χ2n) is 5.60. The lowest BCUT2D eigenvalue weighted by Crippen LogP contribution is -2.52. The minimum atomic E-state index is -0.254. The van der Waals surface area contributed by atoms with E-state index in [1.807, 2.05) is 24.3 Å². The first-order valence-electron chi connectivity index (χ1n) is 7.54. The number of ether oxygens (including phenoxy) is 2. The normalized spacial score (nSPS) is 17.0. The third-order valence-electron chi connectivity index (χ3n) is 3.64. The molecule has 0 aromatic heterocycles. The number of rotatable bonds is 9. The molecular weight excluding hydrogens is 280 g/mol. The fraction of sp³-hybridized carbons (Fsp3) is 0.625. The molecule has 2 radical (unpaired) electrons. The van der Waals surface area contributed by atoms with Crippen molar-refractivity contribution in [1.82, 2.24) is 0 Å². The zero-order chi connectivity index (χ0) is 15.9. The molecule has 0 saturated heterocycles. The summed E-state index contributed by atoms with van der Waals surface area (Å²) < 4.78 is 12.2. The van der Waals surface area contributed by atoms with Crippen LogP contribution in [-0.4, -0.2) is 33.1 Å². The number of anilines is 1. The lowest BCUT2D eigenvalue weighted by Gasteiger charge is -2.38. The summed E-state index contributed by atoms with van der Waals surface area (Å²) in [6.07, 6.45) is 1.85. The molecule has 0 fully saturated rings. The van der Waals surface area contributed by atoms with Crippen LogP contribution in [0.3, 0.4) is 0 Å². The molecule has 0 heterocycles. The maximum Gasteiger partial charge on any atom is 0.141 e. The van der Waals surface area contributed by atoms with Crippen molar-refractivity contribution in [2.45, 2.75) is 51.0 Å². The molecule has 0 bridgehead atoms. The topological polar surface area (TPSA) is 70.5 Å². The molecule has 0 spiro atoms. The van der Waals surface area contributed by atoms with Crippen LogP contribution in [0.15, 0.2) is 24.3 Å². The van der Waals surface area contributed by atoms with Gasteiger partial charge in [-0.05, 0) is 51.0 Å². The van der Waals surface area contributed by atoms with E-state index in [9.17, 15) is 0 Å². The number of benzene rings is 1. The monoisotopic (exact) mass is 308 g/mol. The van der Waals surface area contributed by atoms with Crippen molar-refractivity contribution in [3.8, 4) is 5.75 Å². The van der Waals surface area contributed by atoms with Gasteiger partial charge in [-0.15, -0.1) is 0 Å². The van der Waals surface area contributed by atoms with E-state index >= 15 is 0 Å². The van der Waals surface area contributed by atoms with Gasteiger partial charge in [0.25, 0.3) is 0 Å². The van der Waals surface area contributed by atoms with Gasteiger partial charge in [-0.2, -0.15) is 0 Å². The maximum atomic E-state index is 6.23. The molecule has 0 aliphatic carbocycles. The fourth-order valence-corrected chi connectivity index (χ4v) is 3.87. The van der Waals surface area contributed by atoms with Gasteiger partial charge >= 0.3 is 0 Å². The third-order valence-corrected chi connectivity index (χ3v) is 5.65. The molecule has 1 rings (SSSR count). The van der Waals surface area contributed by atoms with Crippen molar-refractivity contribution >= 4 is 15.2 Å². The average Bonchev–Trinajstić information content (AvgIpc) is 2.47. The molecule has 1 aromatic carbocycles. The van der Waals surface area contributed by atoms with Crippen LogP contribution in [-0.2, 0) is 4.74 Å². The zero-order valence-electron chi connectivity index (χ0n) is 13.6. The Morgan fingerprint density at radius 1 is 1.05 bits per heavy atom. The number of nitrogen functional groups attached to an aromatic ring is 1. The van der Waals surface area contributed by atoms with Gasteiger partial charge in [0.1, 0.15) is 15.3 Å². The van der Waals surface area contributed by atoms with E-state index < -0.39 is 0 Å². The predicted octanol–water partition coefficient (Wildman–Crippen LogP) is 2.58. The van der Waals surface area contributed by atoms with Crippen LogP contribution in [0.5, 0.6) is 5.75 Å². The molecular formula is C16H28N2O2Si. The molecule has 21 heavy (non-hydrogen) atoms. The molecule has 2 atom stereocenters. The molecule has 0 saturated carbocycles. The molecule has 0 aliphatic rings. The van der Waals surface area contributed by atoms with E-state index in [1.165, 1.54) is 0 Å². The zero-order valence-corrected chi connectivity index (χ0v) is 14.6. The highest BCUT2D eigenvalue weighted by molar-refractivity contribution is 6.43. The van der Waals surface area contributed by atoms with E-state index in [1.54, 1.807) is 0 Å². The summed E-state index contributed by atoms with van der Waals surface area (Å²) in [5.74, 6) is 0.846. The predicted molar refractivity (Wildman–Crippen MR) is 89.6 cm³/mol. The van der Waals surface area contributed by atoms with Gasteiger partial charge in [-0.25, -0.2) is 0 Å². The average molecular weight is 308 g/mol. The van der Waals surface area contributed by atoms with E-state index in [0.29, 0.717) is 22.7 Å². The summed E-state index contributed by atoms with van der Waals surface area (Å²) in [5, 5.41) is -0.451. The van der Waals surface area contributed by atoms with Crippen molar-refractivity contribution in [1.29, 1.82) is 0 Å². The number of hydrogen-bond donors (Lipinski definition) is 2. The largest absolute Gasteiger partial charge is 0.492 e. The van der Waals surface area contributed by atoms with Crippen molar-refractivity contribution < 1.29 is 9.47 Å². The van der Waals surface area contributed by atoms with Crippen molar-refractivity contribution in [2.75, 3.05) is 18.9 Å². The van der Waals surface area contributed by atoms with Crippen LogP contribution in [0.2, 0.25) is 0 Å². The van der Waals surface area contributed by atoms with Crippen molar-refractivity contribution in [2.24, 2.45) is 5.73 Å². The van der Waals surface area contributed by atoms with Crippen molar-refractivity contribution in [3.63, 3.8) is 0 Å². The quantitative estimate of drug-likeness (QED) is 0.543. The maximum absolute atomic E-state index is 6.23. The Hall–Kier alpha value is -1.04. The van der Waals surface area contributed by atoms with Crippen LogP contribution in [0.4, 0.5) is 5.69 Å². The minimum Gasteiger partial charge on any atom is -0.492 e. The van der Waals surface area contributed by atoms with Gasteiger partial charge in [-0.3, -0.25) is 0 Å². The third kappa shape index (κ3) is 5.69. The van der Waals surface area contributed by atoms with E-state index in [-0.39, 0.29) is 10.4 Å². The molecule has 5 heteroatoms. The van der Waals surface area contributed by atoms with Gasteiger partial charge in [0.15, 0.2) is 0 Å². The van der Waals surface area contributed by atoms with Gasteiger partial charge in [-0.1, -0.05) is 13.8 Å². The van der Waals surface area contributed by atoms with E-state index in [4.69, 9.17) is 20.9 Å². The summed E-state index contributed by atoms with van der Waals surface area (Å²) in [5.41, 5.74) is 12.0. The molecule has 2 unspecified atom stereocenters. The molecule has 0 amide bonds. The Morgan fingerprint density at radius 3 is 2.10 bits per heavy atom. The summed E-state index contributed by atoms with van der Waals surface area (Å²) >= 11 is 0. The van der Waals surface area contributed by atoms with Crippen LogP contribution < -0.4 is 16.2 Å². The Balaban J connectivity index is 2.80. The molecule has 1 aromatic rings. The summed E-state index contributed by atoms with van der Waals surface area (Å²) in [4.78, 5) is 0. The van der Waals surface area contributed by atoms with Gasteiger partial charge < -0.3 is 20.9 Å². The van der Waals surface area contributed by atoms with Crippen LogP contribution in [0.25, 0.3) is 0 Å². The molecule has 0 aliphatic heterocycles. The van der Waals surface area contributed by atoms with E-state index in [2.05, 4.69) is 27.7 Å². The summed E-state index contributed by atoms with van der Waals surface area (Å²) in [6, 6.07) is 7.55. The van der Waals surface area contributed by atoms with Gasteiger partial charge in [0.2, 0.25) is 0 Å². The smallest absolute Gasteiger partial charge is 0.141 e. The Morgan fingerprint density at radius 2 is 1.62 bits per heavy atom. The first-order chi connectivity index (χ1) is 9.86. The highest BCUT2D eigenvalue weighted by Gasteiger charge is 2.37. The van der Waals surface area contributed by atoms with E-state index in [0.717, 1.165) is 24.3 Å². The lowest BCUT2D eigenvalue weighted by atomic mass is 10.2. The van der Waals surface area contributed by atoms with Gasteiger partial charge in [0.05, 0.1) is 17.1 Å².